The standard InChI is InChI=1S/C32H32F3N3O/c1-36-23-29(27-14-5-6-15-30(27)36)28(25-12-7-13-26(21-25)32(33,34)35)22-31(39)38-19-17-37(18-20-38)16-8-11-24-9-3-2-4-10-24/h2-15,21,23,28H,16-20,22H2,1H3/b11-8+/t28-/m0/s1. The summed E-state index contributed by atoms with van der Waals surface area (Å²) >= 11 is 0. The number of carbonyl (C=O) groups is 1. The zero-order valence-corrected chi connectivity index (χ0v) is 21.9. The Morgan fingerprint density at radius 3 is 2.38 bits per heavy atom. The number of para-hydroxylation sites is 1. The Morgan fingerprint density at radius 2 is 1.64 bits per heavy atom. The first kappa shape index (κ1) is 26.8. The van der Waals surface area contributed by atoms with Crippen LogP contribution in [0.25, 0.3) is 17.0 Å². The van der Waals surface area contributed by atoms with E-state index in [1.54, 1.807) is 6.07 Å². The van der Waals surface area contributed by atoms with Crippen LogP contribution in [0.1, 0.15) is 34.6 Å². The van der Waals surface area contributed by atoms with Gasteiger partial charge in [0, 0.05) is 69.2 Å². The molecule has 202 valence electrons. The first-order valence-electron chi connectivity index (χ1n) is 13.2. The normalized spacial score (nSPS) is 15.7. The Hall–Kier alpha value is -3.84. The predicted molar refractivity (Wildman–Crippen MR) is 149 cm³/mol. The summed E-state index contributed by atoms with van der Waals surface area (Å²) < 4.78 is 42.7. The molecule has 2 heterocycles. The average molecular weight is 532 g/mol. The smallest absolute Gasteiger partial charge is 0.350 e. The van der Waals surface area contributed by atoms with Crippen LogP contribution in [0.15, 0.2) is 91.1 Å². The third-order valence-corrected chi connectivity index (χ3v) is 7.50. The Kier molecular flexibility index (Phi) is 7.89. The maximum Gasteiger partial charge on any atom is 0.416 e. The van der Waals surface area contributed by atoms with E-state index in [9.17, 15) is 18.0 Å². The zero-order chi connectivity index (χ0) is 27.4. The topological polar surface area (TPSA) is 28.5 Å². The predicted octanol–water partition coefficient (Wildman–Crippen LogP) is 6.58. The summed E-state index contributed by atoms with van der Waals surface area (Å²) in [4.78, 5) is 17.7. The summed E-state index contributed by atoms with van der Waals surface area (Å²) in [6, 6.07) is 23.3. The largest absolute Gasteiger partial charge is 0.416 e. The lowest BCUT2D eigenvalue weighted by atomic mass is 9.87. The van der Waals surface area contributed by atoms with Crippen molar-refractivity contribution in [2.24, 2.45) is 7.05 Å². The Morgan fingerprint density at radius 1 is 0.923 bits per heavy atom. The second-order valence-electron chi connectivity index (χ2n) is 10.1. The van der Waals surface area contributed by atoms with Crippen LogP contribution >= 0.6 is 0 Å². The summed E-state index contributed by atoms with van der Waals surface area (Å²) in [5, 5.41) is 0.949. The van der Waals surface area contributed by atoms with Crippen molar-refractivity contribution in [2.45, 2.75) is 18.5 Å². The van der Waals surface area contributed by atoms with E-state index in [1.165, 1.54) is 12.1 Å². The van der Waals surface area contributed by atoms with Crippen LogP contribution in [0.3, 0.4) is 0 Å². The Bertz CT molecular complexity index is 1450. The molecule has 0 saturated carbocycles. The molecular formula is C32H32F3N3O. The van der Waals surface area contributed by atoms with Crippen LogP contribution in [0.4, 0.5) is 13.2 Å². The van der Waals surface area contributed by atoms with Gasteiger partial charge in [0.15, 0.2) is 0 Å². The molecule has 1 saturated heterocycles. The lowest BCUT2D eigenvalue weighted by Crippen LogP contribution is -2.48. The highest BCUT2D eigenvalue weighted by Gasteiger charge is 2.32. The van der Waals surface area contributed by atoms with Gasteiger partial charge < -0.3 is 9.47 Å². The van der Waals surface area contributed by atoms with E-state index >= 15 is 0 Å². The SMILES string of the molecule is Cn1cc([C@@H](CC(=O)N2CCN(C/C=C/c3ccccc3)CC2)c2cccc(C(F)(F)F)c2)c2ccccc21. The van der Waals surface area contributed by atoms with Gasteiger partial charge in [0.25, 0.3) is 0 Å². The number of carbonyl (C=O) groups excluding carboxylic acids is 1. The van der Waals surface area contributed by atoms with Gasteiger partial charge in [0.1, 0.15) is 0 Å². The number of alkyl halides is 3. The van der Waals surface area contributed by atoms with E-state index in [1.807, 2.05) is 65.2 Å². The number of hydrogen-bond donors (Lipinski definition) is 0. The minimum Gasteiger partial charge on any atom is -0.350 e. The van der Waals surface area contributed by atoms with Crippen LogP contribution in [0.5, 0.6) is 0 Å². The van der Waals surface area contributed by atoms with Crippen molar-refractivity contribution in [1.29, 1.82) is 0 Å². The molecule has 4 nitrogen and oxygen atoms in total. The molecule has 1 aliphatic heterocycles. The molecule has 1 amide bonds. The minimum absolute atomic E-state index is 0.0372. The average Bonchev–Trinajstić information content (AvgIpc) is 3.28. The first-order valence-corrected chi connectivity index (χ1v) is 13.2. The summed E-state index contributed by atoms with van der Waals surface area (Å²) in [6.07, 6.45) is 1.84. The van der Waals surface area contributed by atoms with E-state index in [-0.39, 0.29) is 12.3 Å². The highest BCUT2D eigenvalue weighted by Crippen LogP contribution is 2.37. The quantitative estimate of drug-likeness (QED) is 0.270. The van der Waals surface area contributed by atoms with Gasteiger partial charge >= 0.3 is 6.18 Å². The van der Waals surface area contributed by atoms with Crippen molar-refractivity contribution in [1.82, 2.24) is 14.4 Å². The molecule has 0 aliphatic carbocycles. The van der Waals surface area contributed by atoms with Crippen molar-refractivity contribution in [3.8, 4) is 0 Å². The number of halogens is 3. The molecule has 1 aromatic heterocycles. The number of piperazine rings is 1. The monoisotopic (exact) mass is 531 g/mol. The maximum absolute atomic E-state index is 13.6. The molecule has 39 heavy (non-hydrogen) atoms. The van der Waals surface area contributed by atoms with Crippen LogP contribution < -0.4 is 0 Å². The minimum atomic E-state index is -4.45. The molecule has 0 spiro atoms. The highest BCUT2D eigenvalue weighted by molar-refractivity contribution is 5.86. The molecule has 0 bridgehead atoms. The molecule has 0 N–H and O–H groups in total. The highest BCUT2D eigenvalue weighted by atomic mass is 19.4. The lowest BCUT2D eigenvalue weighted by Gasteiger charge is -2.35. The maximum atomic E-state index is 13.6. The summed E-state index contributed by atoms with van der Waals surface area (Å²) in [5.74, 6) is -0.525. The van der Waals surface area contributed by atoms with Gasteiger partial charge in [-0.2, -0.15) is 13.2 Å². The summed E-state index contributed by atoms with van der Waals surface area (Å²) in [6.45, 7) is 3.52. The Labute approximate surface area is 227 Å². The van der Waals surface area contributed by atoms with Gasteiger partial charge in [-0.1, -0.05) is 78.9 Å². The van der Waals surface area contributed by atoms with Gasteiger partial charge in [-0.05, 0) is 28.8 Å². The Balaban J connectivity index is 1.32. The van der Waals surface area contributed by atoms with Crippen LogP contribution in [0.2, 0.25) is 0 Å². The molecule has 0 radical (unpaired) electrons. The van der Waals surface area contributed by atoms with Crippen LogP contribution in [-0.2, 0) is 18.0 Å². The zero-order valence-electron chi connectivity index (χ0n) is 21.9. The van der Waals surface area contributed by atoms with Crippen molar-refractivity contribution in [3.05, 3.63) is 113 Å². The fourth-order valence-electron chi connectivity index (χ4n) is 5.38. The fraction of sp³-hybridized carbons (Fsp3) is 0.281. The molecule has 7 heteroatoms. The number of aryl methyl sites for hydroxylation is 1. The van der Waals surface area contributed by atoms with Gasteiger partial charge in [-0.15, -0.1) is 0 Å². The molecule has 0 unspecified atom stereocenters. The van der Waals surface area contributed by atoms with Gasteiger partial charge in [-0.3, -0.25) is 9.69 Å². The van der Waals surface area contributed by atoms with Crippen molar-refractivity contribution in [2.75, 3.05) is 32.7 Å². The van der Waals surface area contributed by atoms with E-state index in [4.69, 9.17) is 0 Å². The summed E-state index contributed by atoms with van der Waals surface area (Å²) in [7, 11) is 1.92. The second-order valence-corrected chi connectivity index (χ2v) is 10.1. The third-order valence-electron chi connectivity index (χ3n) is 7.50. The van der Waals surface area contributed by atoms with Gasteiger partial charge in [0.05, 0.1) is 5.56 Å². The van der Waals surface area contributed by atoms with Crippen molar-refractivity contribution < 1.29 is 18.0 Å². The number of rotatable bonds is 7. The first-order chi connectivity index (χ1) is 18.8. The second kappa shape index (κ2) is 11.5. The molecule has 3 aromatic carbocycles. The molecule has 5 rings (SSSR count). The van der Waals surface area contributed by atoms with E-state index in [2.05, 4.69) is 29.2 Å². The molecule has 1 fully saturated rings. The van der Waals surface area contributed by atoms with Gasteiger partial charge in [-0.25, -0.2) is 0 Å². The van der Waals surface area contributed by atoms with Crippen molar-refractivity contribution in [3.63, 3.8) is 0 Å². The number of nitrogens with zero attached hydrogens (tertiary/aromatic N) is 3. The number of fused-ring (bicyclic) bond motifs is 1. The number of benzene rings is 3. The summed E-state index contributed by atoms with van der Waals surface area (Å²) in [5.41, 5.74) is 2.80. The number of hydrogen-bond acceptors (Lipinski definition) is 2. The van der Waals surface area contributed by atoms with Crippen molar-refractivity contribution >= 4 is 22.9 Å². The molecule has 1 aliphatic rings. The van der Waals surface area contributed by atoms with E-state index in [0.717, 1.165) is 47.7 Å². The third kappa shape index (κ3) is 6.25. The van der Waals surface area contributed by atoms with Crippen LogP contribution in [-0.4, -0.2) is 53.0 Å². The fourth-order valence-corrected chi connectivity index (χ4v) is 5.38. The molecule has 4 aromatic rings. The lowest BCUT2D eigenvalue weighted by molar-refractivity contribution is -0.137. The van der Waals surface area contributed by atoms with E-state index in [0.29, 0.717) is 18.7 Å². The number of amides is 1. The molecule has 1 atom stereocenters. The van der Waals surface area contributed by atoms with E-state index < -0.39 is 17.7 Å². The van der Waals surface area contributed by atoms with Crippen LogP contribution in [0, 0.1) is 0 Å². The number of aromatic nitrogens is 1. The van der Waals surface area contributed by atoms with Gasteiger partial charge in [0.2, 0.25) is 5.91 Å². The molecular weight excluding hydrogens is 499 g/mol.